The van der Waals surface area contributed by atoms with Crippen LogP contribution < -0.4 is 0 Å². The predicted molar refractivity (Wildman–Crippen MR) is 46.9 cm³/mol. The maximum absolute atomic E-state index is 5.02. The zero-order chi connectivity index (χ0) is 8.39. The van der Waals surface area contributed by atoms with E-state index in [0.29, 0.717) is 6.61 Å². The van der Waals surface area contributed by atoms with Gasteiger partial charge in [0.25, 0.3) is 0 Å². The first-order chi connectivity index (χ1) is 5.90. The Morgan fingerprint density at radius 3 is 3.00 bits per heavy atom. The Hall–Kier alpha value is -0.890. The Morgan fingerprint density at radius 1 is 1.50 bits per heavy atom. The summed E-state index contributed by atoms with van der Waals surface area (Å²) < 4.78 is 5.02. The third-order valence-corrected chi connectivity index (χ3v) is 2.12. The van der Waals surface area contributed by atoms with Crippen molar-refractivity contribution >= 4 is 0 Å². The molecular formula is C10H13NO. The summed E-state index contributed by atoms with van der Waals surface area (Å²) in [6.45, 7) is 0.626. The second-order valence-electron chi connectivity index (χ2n) is 3.26. The first-order valence-electron chi connectivity index (χ1n) is 4.35. The van der Waals surface area contributed by atoms with Crippen molar-refractivity contribution in [2.24, 2.45) is 0 Å². The van der Waals surface area contributed by atoms with Crippen LogP contribution in [-0.4, -0.2) is 12.1 Å². The minimum absolute atomic E-state index is 0.626. The summed E-state index contributed by atoms with van der Waals surface area (Å²) in [6.07, 6.45) is 2.62. The lowest BCUT2D eigenvalue weighted by Crippen LogP contribution is -1.94. The second kappa shape index (κ2) is 3.23. The fraction of sp³-hybridized carbons (Fsp3) is 0.500. The summed E-state index contributed by atoms with van der Waals surface area (Å²) in [7, 11) is 1.70. The first-order valence-corrected chi connectivity index (χ1v) is 4.35. The van der Waals surface area contributed by atoms with Gasteiger partial charge in [0.15, 0.2) is 0 Å². The van der Waals surface area contributed by atoms with Gasteiger partial charge in [-0.05, 0) is 25.0 Å². The van der Waals surface area contributed by atoms with E-state index in [9.17, 15) is 0 Å². The van der Waals surface area contributed by atoms with Crippen molar-refractivity contribution in [2.45, 2.75) is 25.4 Å². The fourth-order valence-corrected chi connectivity index (χ4v) is 1.33. The van der Waals surface area contributed by atoms with Crippen molar-refractivity contribution < 1.29 is 4.74 Å². The summed E-state index contributed by atoms with van der Waals surface area (Å²) in [6, 6.07) is 6.18. The molecule has 0 atom stereocenters. The van der Waals surface area contributed by atoms with Crippen LogP contribution in [0.1, 0.15) is 30.1 Å². The molecule has 1 fully saturated rings. The Bertz CT molecular complexity index is 268. The molecule has 0 bridgehead atoms. The highest BCUT2D eigenvalue weighted by atomic mass is 16.5. The van der Waals surface area contributed by atoms with Crippen LogP contribution in [0.3, 0.4) is 0 Å². The predicted octanol–water partition coefficient (Wildman–Crippen LogP) is 2.11. The normalized spacial score (nSPS) is 16.4. The van der Waals surface area contributed by atoms with E-state index in [4.69, 9.17) is 4.74 Å². The largest absolute Gasteiger partial charge is 0.378 e. The fourth-order valence-electron chi connectivity index (χ4n) is 1.33. The van der Waals surface area contributed by atoms with E-state index >= 15 is 0 Å². The third kappa shape index (κ3) is 1.64. The Morgan fingerprint density at radius 2 is 2.33 bits per heavy atom. The van der Waals surface area contributed by atoms with Gasteiger partial charge in [-0.1, -0.05) is 6.07 Å². The molecule has 1 aliphatic rings. The van der Waals surface area contributed by atoms with E-state index in [1.54, 1.807) is 7.11 Å². The van der Waals surface area contributed by atoms with E-state index in [0.717, 1.165) is 11.6 Å². The molecule has 1 aliphatic carbocycles. The van der Waals surface area contributed by atoms with Crippen molar-refractivity contribution in [1.82, 2.24) is 4.98 Å². The summed E-state index contributed by atoms with van der Waals surface area (Å²) in [5.41, 5.74) is 2.28. The van der Waals surface area contributed by atoms with Crippen LogP contribution in [0.15, 0.2) is 18.2 Å². The second-order valence-corrected chi connectivity index (χ2v) is 3.26. The van der Waals surface area contributed by atoms with Gasteiger partial charge in [-0.25, -0.2) is 0 Å². The topological polar surface area (TPSA) is 22.1 Å². The van der Waals surface area contributed by atoms with E-state index in [1.807, 2.05) is 6.07 Å². The summed E-state index contributed by atoms with van der Waals surface area (Å²) >= 11 is 0. The molecule has 1 saturated carbocycles. The maximum Gasteiger partial charge on any atom is 0.0884 e. The van der Waals surface area contributed by atoms with Gasteiger partial charge in [-0.15, -0.1) is 0 Å². The van der Waals surface area contributed by atoms with Crippen molar-refractivity contribution in [3.05, 3.63) is 29.6 Å². The standard InChI is InChI=1S/C10H13NO/c1-12-7-9-3-2-4-10(11-9)8-5-6-8/h2-4,8H,5-7H2,1H3. The number of aromatic nitrogens is 1. The molecule has 0 N–H and O–H groups in total. The molecule has 0 amide bonds. The molecule has 2 heteroatoms. The molecule has 0 radical (unpaired) electrons. The van der Waals surface area contributed by atoms with Crippen LogP contribution in [-0.2, 0) is 11.3 Å². The molecule has 1 aromatic rings. The molecule has 2 nitrogen and oxygen atoms in total. The molecule has 1 heterocycles. The molecular weight excluding hydrogens is 150 g/mol. The number of hydrogen-bond donors (Lipinski definition) is 0. The highest BCUT2D eigenvalue weighted by Crippen LogP contribution is 2.38. The zero-order valence-corrected chi connectivity index (χ0v) is 7.29. The van der Waals surface area contributed by atoms with Crippen LogP contribution in [0.25, 0.3) is 0 Å². The lowest BCUT2D eigenvalue weighted by Gasteiger charge is -2.01. The maximum atomic E-state index is 5.02. The minimum atomic E-state index is 0.626. The number of ether oxygens (including phenoxy) is 1. The van der Waals surface area contributed by atoms with Crippen LogP contribution in [0.2, 0.25) is 0 Å². The van der Waals surface area contributed by atoms with Gasteiger partial charge in [-0.2, -0.15) is 0 Å². The molecule has 64 valence electrons. The van der Waals surface area contributed by atoms with Gasteiger partial charge >= 0.3 is 0 Å². The molecule has 2 rings (SSSR count). The van der Waals surface area contributed by atoms with Gasteiger partial charge in [0, 0.05) is 18.7 Å². The molecule has 12 heavy (non-hydrogen) atoms. The zero-order valence-electron chi connectivity index (χ0n) is 7.29. The van der Waals surface area contributed by atoms with Crippen molar-refractivity contribution in [2.75, 3.05) is 7.11 Å². The number of rotatable bonds is 3. The van der Waals surface area contributed by atoms with E-state index in [2.05, 4.69) is 17.1 Å². The average molecular weight is 163 g/mol. The molecule has 0 spiro atoms. The van der Waals surface area contributed by atoms with E-state index in [1.165, 1.54) is 18.5 Å². The summed E-state index contributed by atoms with van der Waals surface area (Å²) in [4.78, 5) is 4.50. The van der Waals surface area contributed by atoms with E-state index < -0.39 is 0 Å². The van der Waals surface area contributed by atoms with E-state index in [-0.39, 0.29) is 0 Å². The Balaban J connectivity index is 2.15. The summed E-state index contributed by atoms with van der Waals surface area (Å²) in [5.74, 6) is 0.738. The number of nitrogens with zero attached hydrogens (tertiary/aromatic N) is 1. The highest BCUT2D eigenvalue weighted by molar-refractivity contribution is 5.18. The van der Waals surface area contributed by atoms with Crippen molar-refractivity contribution in [3.63, 3.8) is 0 Å². The van der Waals surface area contributed by atoms with Gasteiger partial charge < -0.3 is 4.74 Å². The van der Waals surface area contributed by atoms with Crippen LogP contribution >= 0.6 is 0 Å². The van der Waals surface area contributed by atoms with Crippen molar-refractivity contribution in [1.29, 1.82) is 0 Å². The molecule has 0 aromatic carbocycles. The van der Waals surface area contributed by atoms with Crippen LogP contribution in [0.5, 0.6) is 0 Å². The average Bonchev–Trinajstić information content (AvgIpc) is 2.88. The van der Waals surface area contributed by atoms with Gasteiger partial charge in [0.05, 0.1) is 12.3 Å². The summed E-state index contributed by atoms with van der Waals surface area (Å²) in [5, 5.41) is 0. The monoisotopic (exact) mass is 163 g/mol. The Labute approximate surface area is 72.6 Å². The molecule has 0 saturated heterocycles. The van der Waals surface area contributed by atoms with Crippen LogP contribution in [0.4, 0.5) is 0 Å². The third-order valence-electron chi connectivity index (χ3n) is 2.12. The lowest BCUT2D eigenvalue weighted by atomic mass is 10.2. The minimum Gasteiger partial charge on any atom is -0.378 e. The SMILES string of the molecule is COCc1cccc(C2CC2)n1. The first kappa shape index (κ1) is 7.74. The van der Waals surface area contributed by atoms with Crippen molar-refractivity contribution in [3.8, 4) is 0 Å². The molecule has 0 unspecified atom stereocenters. The quantitative estimate of drug-likeness (QED) is 0.680. The van der Waals surface area contributed by atoms with Gasteiger partial charge in [0.1, 0.15) is 0 Å². The molecule has 0 aliphatic heterocycles. The van der Waals surface area contributed by atoms with Gasteiger partial charge in [-0.3, -0.25) is 4.98 Å². The number of pyridine rings is 1. The highest BCUT2D eigenvalue weighted by Gasteiger charge is 2.24. The van der Waals surface area contributed by atoms with Crippen LogP contribution in [0, 0.1) is 0 Å². The number of methoxy groups -OCH3 is 1. The lowest BCUT2D eigenvalue weighted by molar-refractivity contribution is 0.181. The van der Waals surface area contributed by atoms with Gasteiger partial charge in [0.2, 0.25) is 0 Å². The Kier molecular flexibility index (Phi) is 2.09. The smallest absolute Gasteiger partial charge is 0.0884 e. The number of hydrogen-bond acceptors (Lipinski definition) is 2. The molecule has 1 aromatic heterocycles.